The summed E-state index contributed by atoms with van der Waals surface area (Å²) in [5.41, 5.74) is 1.60. The maximum Gasteiger partial charge on any atom is 0.336 e. The lowest BCUT2D eigenvalue weighted by Crippen LogP contribution is -2.06. The van der Waals surface area contributed by atoms with Crippen LogP contribution in [0.25, 0.3) is 11.0 Å². The summed E-state index contributed by atoms with van der Waals surface area (Å²) in [6.45, 7) is 5.20. The number of carbonyl (C=O) groups excluding carboxylic acids is 1. The van der Waals surface area contributed by atoms with E-state index < -0.39 is 11.6 Å². The first kappa shape index (κ1) is 14.8. The minimum absolute atomic E-state index is 0.0328. The first-order valence-electron chi connectivity index (χ1n) is 6.45. The number of phenols is 1. The standard InChI is InChI=1S/C16H16O5/c1-9(2)6-14(18)20-8-11-7-15(19)21-16-10(3)13(17)5-4-12(11)16/h4-7,17H,8H2,1-3H3. The molecule has 1 heterocycles. The molecule has 0 amide bonds. The molecule has 0 bridgehead atoms. The third kappa shape index (κ3) is 3.31. The van der Waals surface area contributed by atoms with Crippen LogP contribution in [0.2, 0.25) is 0 Å². The van der Waals surface area contributed by atoms with E-state index in [-0.39, 0.29) is 12.4 Å². The van der Waals surface area contributed by atoms with E-state index in [0.717, 1.165) is 5.57 Å². The van der Waals surface area contributed by atoms with Gasteiger partial charge in [-0.15, -0.1) is 0 Å². The maximum absolute atomic E-state index is 11.6. The van der Waals surface area contributed by atoms with Crippen molar-refractivity contribution >= 4 is 16.9 Å². The van der Waals surface area contributed by atoms with E-state index in [1.54, 1.807) is 26.8 Å². The van der Waals surface area contributed by atoms with Crippen molar-refractivity contribution in [2.75, 3.05) is 0 Å². The molecular weight excluding hydrogens is 272 g/mol. The highest BCUT2D eigenvalue weighted by Gasteiger charge is 2.11. The van der Waals surface area contributed by atoms with Gasteiger partial charge in [0.25, 0.3) is 0 Å². The number of aromatic hydroxyl groups is 1. The van der Waals surface area contributed by atoms with Crippen molar-refractivity contribution in [2.45, 2.75) is 27.4 Å². The maximum atomic E-state index is 11.6. The van der Waals surface area contributed by atoms with Crippen LogP contribution in [0.4, 0.5) is 0 Å². The number of allylic oxidation sites excluding steroid dienone is 1. The predicted molar refractivity (Wildman–Crippen MR) is 78.1 cm³/mol. The normalized spacial score (nSPS) is 10.4. The Morgan fingerprint density at radius 1 is 1.38 bits per heavy atom. The summed E-state index contributed by atoms with van der Waals surface area (Å²) < 4.78 is 10.2. The smallest absolute Gasteiger partial charge is 0.336 e. The van der Waals surface area contributed by atoms with Gasteiger partial charge in [-0.1, -0.05) is 5.57 Å². The van der Waals surface area contributed by atoms with Crippen molar-refractivity contribution in [3.8, 4) is 5.75 Å². The van der Waals surface area contributed by atoms with Gasteiger partial charge in [0.05, 0.1) is 0 Å². The molecule has 1 N–H and O–H groups in total. The minimum Gasteiger partial charge on any atom is -0.508 e. The van der Waals surface area contributed by atoms with E-state index in [9.17, 15) is 14.7 Å². The molecule has 0 saturated heterocycles. The van der Waals surface area contributed by atoms with Crippen LogP contribution in [-0.4, -0.2) is 11.1 Å². The molecule has 2 rings (SSSR count). The molecule has 1 aromatic carbocycles. The summed E-state index contributed by atoms with van der Waals surface area (Å²) >= 11 is 0. The number of carbonyl (C=O) groups is 1. The average Bonchev–Trinajstić information content (AvgIpc) is 2.40. The highest BCUT2D eigenvalue weighted by Crippen LogP contribution is 2.27. The number of aryl methyl sites for hydroxylation is 1. The van der Waals surface area contributed by atoms with E-state index in [0.29, 0.717) is 22.1 Å². The fourth-order valence-corrected chi connectivity index (χ4v) is 1.96. The second-order valence-electron chi connectivity index (χ2n) is 5.01. The van der Waals surface area contributed by atoms with E-state index in [1.807, 2.05) is 0 Å². The Hall–Kier alpha value is -2.56. The molecule has 5 heteroatoms. The Morgan fingerprint density at radius 2 is 2.10 bits per heavy atom. The van der Waals surface area contributed by atoms with Crippen molar-refractivity contribution < 1.29 is 19.1 Å². The first-order chi connectivity index (χ1) is 9.88. The highest BCUT2D eigenvalue weighted by atomic mass is 16.5. The van der Waals surface area contributed by atoms with Crippen molar-refractivity contribution in [3.63, 3.8) is 0 Å². The molecule has 0 unspecified atom stereocenters. The topological polar surface area (TPSA) is 76.7 Å². The van der Waals surface area contributed by atoms with Gasteiger partial charge in [0, 0.05) is 28.7 Å². The van der Waals surface area contributed by atoms with Gasteiger partial charge in [-0.05, 0) is 32.9 Å². The zero-order valence-corrected chi connectivity index (χ0v) is 12.1. The minimum atomic E-state index is -0.551. The Morgan fingerprint density at radius 3 is 2.76 bits per heavy atom. The second kappa shape index (κ2) is 5.83. The van der Waals surface area contributed by atoms with Gasteiger partial charge in [-0.25, -0.2) is 9.59 Å². The van der Waals surface area contributed by atoms with Gasteiger partial charge < -0.3 is 14.3 Å². The summed E-state index contributed by atoms with van der Waals surface area (Å²) in [6, 6.07) is 4.43. The van der Waals surface area contributed by atoms with Gasteiger partial charge in [-0.3, -0.25) is 0 Å². The molecule has 0 atom stereocenters. The number of esters is 1. The number of ether oxygens (including phenoxy) is 1. The van der Waals surface area contributed by atoms with Gasteiger partial charge in [0.2, 0.25) is 0 Å². The van der Waals surface area contributed by atoms with Gasteiger partial charge in [-0.2, -0.15) is 0 Å². The van der Waals surface area contributed by atoms with Crippen LogP contribution in [0.5, 0.6) is 5.75 Å². The third-order valence-corrected chi connectivity index (χ3v) is 2.99. The average molecular weight is 288 g/mol. The molecule has 5 nitrogen and oxygen atoms in total. The molecule has 0 fully saturated rings. The SMILES string of the molecule is CC(C)=CC(=O)OCc1cc(=O)oc2c(C)c(O)ccc12. The van der Waals surface area contributed by atoms with Crippen LogP contribution in [0, 0.1) is 6.92 Å². The van der Waals surface area contributed by atoms with E-state index >= 15 is 0 Å². The third-order valence-electron chi connectivity index (χ3n) is 2.99. The predicted octanol–water partition coefficient (Wildman–Crippen LogP) is 2.82. The number of benzene rings is 1. The molecule has 21 heavy (non-hydrogen) atoms. The Kier molecular flexibility index (Phi) is 4.12. The van der Waals surface area contributed by atoms with Crippen LogP contribution in [0.3, 0.4) is 0 Å². The molecule has 0 radical (unpaired) electrons. The quantitative estimate of drug-likeness (QED) is 0.534. The summed E-state index contributed by atoms with van der Waals surface area (Å²) in [7, 11) is 0. The zero-order valence-electron chi connectivity index (χ0n) is 12.1. The second-order valence-corrected chi connectivity index (χ2v) is 5.01. The Labute approximate surface area is 121 Å². The lowest BCUT2D eigenvalue weighted by atomic mass is 10.1. The first-order valence-corrected chi connectivity index (χ1v) is 6.45. The fourth-order valence-electron chi connectivity index (χ4n) is 1.96. The summed E-state index contributed by atoms with van der Waals surface area (Å²) in [6.07, 6.45) is 1.38. The summed E-state index contributed by atoms with van der Waals surface area (Å²) in [5.74, 6) is -0.420. The van der Waals surface area contributed by atoms with Gasteiger partial charge in [0.15, 0.2) is 0 Å². The summed E-state index contributed by atoms with van der Waals surface area (Å²) in [4.78, 5) is 23.1. The van der Waals surface area contributed by atoms with Crippen LogP contribution in [0.15, 0.2) is 39.1 Å². The van der Waals surface area contributed by atoms with Crippen molar-refractivity contribution in [2.24, 2.45) is 0 Å². The molecule has 0 aliphatic carbocycles. The number of fused-ring (bicyclic) bond motifs is 1. The lowest BCUT2D eigenvalue weighted by Gasteiger charge is -2.08. The Bertz CT molecular complexity index is 779. The summed E-state index contributed by atoms with van der Waals surface area (Å²) in [5, 5.41) is 10.3. The largest absolute Gasteiger partial charge is 0.508 e. The number of hydrogen-bond donors (Lipinski definition) is 1. The Balaban J connectivity index is 2.41. The van der Waals surface area contributed by atoms with Crippen molar-refractivity contribution in [3.05, 3.63) is 51.4 Å². The number of phenolic OH excluding ortho intramolecular Hbond substituents is 1. The van der Waals surface area contributed by atoms with Crippen LogP contribution in [0.1, 0.15) is 25.0 Å². The zero-order chi connectivity index (χ0) is 15.6. The number of hydrogen-bond acceptors (Lipinski definition) is 5. The van der Waals surface area contributed by atoms with Gasteiger partial charge in [0.1, 0.15) is 17.9 Å². The van der Waals surface area contributed by atoms with Crippen LogP contribution < -0.4 is 5.63 Å². The molecule has 110 valence electrons. The monoisotopic (exact) mass is 288 g/mol. The molecule has 0 aliphatic heterocycles. The number of rotatable bonds is 3. The van der Waals surface area contributed by atoms with Crippen LogP contribution in [-0.2, 0) is 16.1 Å². The fraction of sp³-hybridized carbons (Fsp3) is 0.250. The molecule has 0 saturated carbocycles. The van der Waals surface area contributed by atoms with Gasteiger partial charge >= 0.3 is 11.6 Å². The van der Waals surface area contributed by atoms with Crippen LogP contribution >= 0.6 is 0 Å². The molecular formula is C16H16O5. The molecule has 0 aliphatic rings. The highest BCUT2D eigenvalue weighted by molar-refractivity contribution is 5.86. The molecule has 0 spiro atoms. The molecule has 2 aromatic rings. The van der Waals surface area contributed by atoms with Crippen molar-refractivity contribution in [1.82, 2.24) is 0 Å². The van der Waals surface area contributed by atoms with E-state index in [1.165, 1.54) is 18.2 Å². The van der Waals surface area contributed by atoms with Crippen molar-refractivity contribution in [1.29, 1.82) is 0 Å². The lowest BCUT2D eigenvalue weighted by molar-refractivity contribution is -0.139. The van der Waals surface area contributed by atoms with E-state index in [4.69, 9.17) is 9.15 Å². The molecule has 1 aromatic heterocycles. The van der Waals surface area contributed by atoms with E-state index in [2.05, 4.69) is 0 Å².